The molecule has 0 saturated carbocycles. The summed E-state index contributed by atoms with van der Waals surface area (Å²) in [6.07, 6.45) is 2.26. The van der Waals surface area contributed by atoms with Crippen LogP contribution in [-0.2, 0) is 19.6 Å². The number of nitrogens with zero attached hydrogens (tertiary/aromatic N) is 5. The lowest BCUT2D eigenvalue weighted by Gasteiger charge is -2.26. The fraction of sp³-hybridized carbons (Fsp3) is 0.440. The summed E-state index contributed by atoms with van der Waals surface area (Å²) in [7, 11) is 3.40. The number of carbonyl (C=O) groups is 1. The van der Waals surface area contributed by atoms with E-state index in [1.165, 1.54) is 6.20 Å². The number of fused-ring (bicyclic) bond motifs is 2. The van der Waals surface area contributed by atoms with E-state index < -0.39 is 11.9 Å². The molecule has 0 spiro atoms. The third-order valence-electron chi connectivity index (χ3n) is 7.20. The highest BCUT2D eigenvalue weighted by Gasteiger charge is 2.49. The Labute approximate surface area is 200 Å². The Morgan fingerprint density at radius 3 is 2.60 bits per heavy atom. The van der Waals surface area contributed by atoms with Gasteiger partial charge in [0.15, 0.2) is 5.69 Å². The van der Waals surface area contributed by atoms with Crippen molar-refractivity contribution in [3.8, 4) is 17.0 Å². The summed E-state index contributed by atoms with van der Waals surface area (Å²) in [6.45, 7) is 1.96. The van der Waals surface area contributed by atoms with E-state index in [4.69, 9.17) is 4.74 Å². The Bertz CT molecular complexity index is 1240. The van der Waals surface area contributed by atoms with Crippen molar-refractivity contribution in [2.24, 2.45) is 13.0 Å². The van der Waals surface area contributed by atoms with Gasteiger partial charge in [0.25, 0.3) is 5.91 Å². The van der Waals surface area contributed by atoms with E-state index in [1.54, 1.807) is 24.1 Å². The van der Waals surface area contributed by atoms with E-state index in [2.05, 4.69) is 15.1 Å². The van der Waals surface area contributed by atoms with Gasteiger partial charge < -0.3 is 9.64 Å². The minimum Gasteiger partial charge on any atom is -0.496 e. The van der Waals surface area contributed by atoms with Crippen molar-refractivity contribution in [1.82, 2.24) is 24.6 Å². The van der Waals surface area contributed by atoms with Gasteiger partial charge in [0.2, 0.25) is 0 Å². The number of benzene rings is 1. The topological polar surface area (TPSA) is 73.1 Å². The van der Waals surface area contributed by atoms with Crippen molar-refractivity contribution in [1.29, 1.82) is 0 Å². The van der Waals surface area contributed by atoms with Crippen LogP contribution >= 0.6 is 0 Å². The normalized spacial score (nSPS) is 21.5. The molecule has 2 fully saturated rings. The van der Waals surface area contributed by atoms with Gasteiger partial charge in [-0.2, -0.15) is 18.3 Å². The minimum atomic E-state index is -4.51. The second-order valence-electron chi connectivity index (χ2n) is 9.28. The molecule has 0 radical (unpaired) electrons. The van der Waals surface area contributed by atoms with Gasteiger partial charge in [-0.15, -0.1) is 0 Å². The summed E-state index contributed by atoms with van der Waals surface area (Å²) in [4.78, 5) is 23.5. The average molecular weight is 486 g/mol. The fourth-order valence-electron chi connectivity index (χ4n) is 5.71. The highest BCUT2D eigenvalue weighted by molar-refractivity contribution is 6.04. The van der Waals surface area contributed by atoms with Crippen LogP contribution in [0.2, 0.25) is 0 Å². The van der Waals surface area contributed by atoms with Gasteiger partial charge in [-0.1, -0.05) is 12.1 Å². The Morgan fingerprint density at radius 1 is 1.17 bits per heavy atom. The zero-order valence-corrected chi connectivity index (χ0v) is 19.7. The number of hydrogen-bond donors (Lipinski definition) is 0. The van der Waals surface area contributed by atoms with Crippen molar-refractivity contribution in [3.63, 3.8) is 0 Å². The molecule has 184 valence electrons. The number of methoxy groups -OCH3 is 1. The number of halogens is 3. The molecule has 2 aromatic heterocycles. The van der Waals surface area contributed by atoms with Crippen LogP contribution in [-0.4, -0.2) is 49.7 Å². The number of hydrogen-bond acceptors (Lipinski definition) is 5. The van der Waals surface area contributed by atoms with Crippen LogP contribution in [0.3, 0.4) is 0 Å². The van der Waals surface area contributed by atoms with Crippen molar-refractivity contribution in [3.05, 3.63) is 59.3 Å². The largest absolute Gasteiger partial charge is 0.496 e. The standard InChI is InChI=1S/C25H26F3N5O2/c1-14-11-31-32(2)23(14)18-5-4-6-20(35-3)22(18)24(34)33-17-7-8-19(33)15(10-17)9-16-12-30-21(13-29-16)25(26,27)28/h4-6,11-13,15,17,19H,7-10H2,1-3H3. The summed E-state index contributed by atoms with van der Waals surface area (Å²) in [5, 5.41) is 4.34. The van der Waals surface area contributed by atoms with Crippen LogP contribution in [0.1, 0.15) is 46.6 Å². The molecule has 1 amide bonds. The smallest absolute Gasteiger partial charge is 0.434 e. The number of carbonyl (C=O) groups excluding carboxylic acids is 1. The molecule has 3 unspecified atom stereocenters. The summed E-state index contributed by atoms with van der Waals surface area (Å²) in [6, 6.07) is 5.62. The van der Waals surface area contributed by atoms with Gasteiger partial charge in [0.05, 0.1) is 36.5 Å². The quantitative estimate of drug-likeness (QED) is 0.534. The number of aromatic nitrogens is 4. The second-order valence-corrected chi connectivity index (χ2v) is 9.28. The van der Waals surface area contributed by atoms with Gasteiger partial charge >= 0.3 is 6.18 Å². The third-order valence-corrected chi connectivity index (χ3v) is 7.20. The zero-order valence-electron chi connectivity index (χ0n) is 19.7. The molecule has 1 aromatic carbocycles. The lowest BCUT2D eigenvalue weighted by Crippen LogP contribution is -2.37. The first kappa shape index (κ1) is 23.3. The summed E-state index contributed by atoms with van der Waals surface area (Å²) >= 11 is 0. The second kappa shape index (κ2) is 8.66. The predicted molar refractivity (Wildman–Crippen MR) is 122 cm³/mol. The SMILES string of the molecule is COc1cccc(-c2c(C)cnn2C)c1C(=O)N1C2CCC1C(Cc1cnc(C(F)(F)F)cn1)C2. The van der Waals surface area contributed by atoms with Gasteiger partial charge in [0, 0.05) is 30.9 Å². The maximum absolute atomic E-state index is 14.0. The van der Waals surface area contributed by atoms with Gasteiger partial charge in [-0.05, 0) is 50.2 Å². The molecule has 35 heavy (non-hydrogen) atoms. The van der Waals surface area contributed by atoms with Crippen LogP contribution in [0.4, 0.5) is 13.2 Å². The molecule has 0 aliphatic carbocycles. The third kappa shape index (κ3) is 4.04. The van der Waals surface area contributed by atoms with Crippen molar-refractivity contribution >= 4 is 5.91 Å². The number of ether oxygens (including phenoxy) is 1. The van der Waals surface area contributed by atoms with Crippen molar-refractivity contribution < 1.29 is 22.7 Å². The van der Waals surface area contributed by atoms with Gasteiger partial charge in [0.1, 0.15) is 5.75 Å². The summed E-state index contributed by atoms with van der Waals surface area (Å²) in [5.41, 5.74) is 2.59. The summed E-state index contributed by atoms with van der Waals surface area (Å²) in [5.74, 6) is 0.524. The predicted octanol–water partition coefficient (Wildman–Crippen LogP) is 4.45. The summed E-state index contributed by atoms with van der Waals surface area (Å²) < 4.78 is 45.9. The molecule has 2 bridgehead atoms. The number of amides is 1. The number of aryl methyl sites for hydroxylation is 2. The first-order valence-corrected chi connectivity index (χ1v) is 11.6. The average Bonchev–Trinajstić information content (AvgIpc) is 3.50. The molecule has 5 rings (SSSR count). The number of alkyl halides is 3. The molecular weight excluding hydrogens is 459 g/mol. The minimum absolute atomic E-state index is 0.0120. The van der Waals surface area contributed by atoms with E-state index in [0.29, 0.717) is 23.4 Å². The molecule has 0 N–H and O–H groups in total. The molecule has 10 heteroatoms. The number of rotatable bonds is 5. The van der Waals surface area contributed by atoms with E-state index in [9.17, 15) is 18.0 Å². The molecule has 3 aromatic rings. The Kier molecular flexibility index (Phi) is 5.77. The first-order valence-electron chi connectivity index (χ1n) is 11.6. The molecule has 2 aliphatic rings. The van der Waals surface area contributed by atoms with Gasteiger partial charge in [-0.25, -0.2) is 4.98 Å². The van der Waals surface area contributed by atoms with Crippen LogP contribution < -0.4 is 4.74 Å². The highest BCUT2D eigenvalue weighted by Crippen LogP contribution is 2.45. The highest BCUT2D eigenvalue weighted by atomic mass is 19.4. The Morgan fingerprint density at radius 2 is 1.97 bits per heavy atom. The Hall–Kier alpha value is -3.43. The van der Waals surface area contributed by atoms with Crippen molar-refractivity contribution in [2.45, 2.75) is 50.9 Å². The van der Waals surface area contributed by atoms with E-state index >= 15 is 0 Å². The fourth-order valence-corrected chi connectivity index (χ4v) is 5.71. The van der Waals surface area contributed by atoms with Crippen LogP contribution in [0.15, 0.2) is 36.8 Å². The molecular formula is C25H26F3N5O2. The molecule has 2 saturated heterocycles. The van der Waals surface area contributed by atoms with E-state index in [1.807, 2.05) is 31.0 Å². The maximum Gasteiger partial charge on any atom is 0.434 e. The zero-order chi connectivity index (χ0) is 24.9. The Balaban J connectivity index is 1.44. The van der Waals surface area contributed by atoms with Crippen LogP contribution in [0.25, 0.3) is 11.3 Å². The molecule has 4 heterocycles. The van der Waals surface area contributed by atoms with Crippen molar-refractivity contribution in [2.75, 3.05) is 7.11 Å². The lowest BCUT2D eigenvalue weighted by molar-refractivity contribution is -0.141. The lowest BCUT2D eigenvalue weighted by atomic mass is 9.86. The monoisotopic (exact) mass is 485 g/mol. The van der Waals surface area contributed by atoms with Crippen LogP contribution in [0, 0.1) is 12.8 Å². The van der Waals surface area contributed by atoms with E-state index in [-0.39, 0.29) is 23.9 Å². The maximum atomic E-state index is 14.0. The molecule has 2 aliphatic heterocycles. The van der Waals surface area contributed by atoms with Gasteiger partial charge in [-0.3, -0.25) is 14.5 Å². The molecule has 7 nitrogen and oxygen atoms in total. The van der Waals surface area contributed by atoms with E-state index in [0.717, 1.165) is 42.3 Å². The van der Waals surface area contributed by atoms with Crippen LogP contribution in [0.5, 0.6) is 5.75 Å². The molecule has 3 atom stereocenters. The first-order chi connectivity index (χ1) is 16.7.